The van der Waals surface area contributed by atoms with Crippen LogP contribution in [-0.4, -0.2) is 24.1 Å². The van der Waals surface area contributed by atoms with E-state index in [4.69, 9.17) is 5.11 Å². The number of carbonyl (C=O) groups is 2. The van der Waals surface area contributed by atoms with E-state index >= 15 is 0 Å². The Morgan fingerprint density at radius 3 is 2.42 bits per heavy atom. The highest BCUT2D eigenvalue weighted by molar-refractivity contribution is 6.10. The van der Waals surface area contributed by atoms with Crippen molar-refractivity contribution in [1.29, 1.82) is 0 Å². The second kappa shape index (κ2) is 4.49. The van der Waals surface area contributed by atoms with Crippen molar-refractivity contribution in [3.05, 3.63) is 23.8 Å². The molecule has 2 N–H and O–H groups in total. The van der Waals surface area contributed by atoms with Gasteiger partial charge in [-0.3, -0.25) is 9.59 Å². The molecule has 1 aliphatic rings. The Hall–Kier alpha value is -2.18. The number of methoxy groups -OCH3 is 1. The summed E-state index contributed by atoms with van der Waals surface area (Å²) >= 11 is 0. The Morgan fingerprint density at radius 1 is 1.32 bits per heavy atom. The van der Waals surface area contributed by atoms with Gasteiger partial charge in [0, 0.05) is 12.1 Å². The maximum absolute atomic E-state index is 13.6. The Kier molecular flexibility index (Phi) is 3.13. The molecule has 102 valence electrons. The topological polar surface area (TPSA) is 75.6 Å². The average Bonchev–Trinajstić information content (AvgIpc) is 3.14. The number of carboxylic acid groups (broad SMARTS) is 1. The van der Waals surface area contributed by atoms with Crippen molar-refractivity contribution in [2.75, 3.05) is 12.4 Å². The normalized spacial score (nSPS) is 15.7. The molecule has 0 unspecified atom stereocenters. The number of hydrogen-bond acceptors (Lipinski definition) is 3. The molecule has 1 aromatic carbocycles. The van der Waals surface area contributed by atoms with Crippen LogP contribution in [0.3, 0.4) is 0 Å². The zero-order valence-corrected chi connectivity index (χ0v) is 10.00. The van der Waals surface area contributed by atoms with Crippen molar-refractivity contribution in [1.82, 2.24) is 0 Å². The summed E-state index contributed by atoms with van der Waals surface area (Å²) in [6, 6.07) is 1.54. The van der Waals surface area contributed by atoms with Crippen molar-refractivity contribution in [2.24, 2.45) is 5.41 Å². The average molecular weight is 271 g/mol. The lowest BCUT2D eigenvalue weighted by Crippen LogP contribution is -2.31. The van der Waals surface area contributed by atoms with Gasteiger partial charge in [0.2, 0.25) is 5.91 Å². The summed E-state index contributed by atoms with van der Waals surface area (Å²) in [4.78, 5) is 22.7. The van der Waals surface area contributed by atoms with Gasteiger partial charge in [0.05, 0.1) is 12.8 Å². The van der Waals surface area contributed by atoms with Gasteiger partial charge in [0.1, 0.15) is 5.41 Å². The fourth-order valence-electron chi connectivity index (χ4n) is 1.69. The molecule has 0 heterocycles. The van der Waals surface area contributed by atoms with Crippen LogP contribution in [0.1, 0.15) is 12.8 Å². The summed E-state index contributed by atoms with van der Waals surface area (Å²) < 4.78 is 31.6. The first-order valence-corrected chi connectivity index (χ1v) is 5.48. The van der Waals surface area contributed by atoms with Crippen LogP contribution in [0.15, 0.2) is 12.1 Å². The number of anilines is 1. The Bertz CT molecular complexity index is 555. The molecule has 1 amide bonds. The summed E-state index contributed by atoms with van der Waals surface area (Å²) in [7, 11) is 1.18. The molecular formula is C12H11F2NO4. The third-order valence-electron chi connectivity index (χ3n) is 3.08. The number of hydrogen-bond donors (Lipinski definition) is 2. The second-order valence-electron chi connectivity index (χ2n) is 4.31. The van der Waals surface area contributed by atoms with Crippen molar-refractivity contribution >= 4 is 17.6 Å². The molecule has 0 saturated heterocycles. The van der Waals surface area contributed by atoms with Crippen LogP contribution >= 0.6 is 0 Å². The zero-order chi connectivity index (χ0) is 14.2. The lowest BCUT2D eigenvalue weighted by molar-refractivity contribution is -0.147. The molecule has 0 bridgehead atoms. The zero-order valence-electron chi connectivity index (χ0n) is 10.00. The lowest BCUT2D eigenvalue weighted by Gasteiger charge is -2.12. The molecule has 0 atom stereocenters. The third kappa shape index (κ3) is 2.23. The van der Waals surface area contributed by atoms with E-state index < -0.39 is 34.6 Å². The minimum Gasteiger partial charge on any atom is -0.494 e. The van der Waals surface area contributed by atoms with Crippen LogP contribution < -0.4 is 10.1 Å². The van der Waals surface area contributed by atoms with Crippen molar-refractivity contribution in [3.63, 3.8) is 0 Å². The van der Waals surface area contributed by atoms with Crippen LogP contribution in [0, 0.1) is 17.0 Å². The highest BCUT2D eigenvalue weighted by Crippen LogP contribution is 2.47. The summed E-state index contributed by atoms with van der Waals surface area (Å²) in [5, 5.41) is 11.0. The number of benzene rings is 1. The van der Waals surface area contributed by atoms with Gasteiger partial charge in [0.15, 0.2) is 17.4 Å². The number of rotatable bonds is 4. The van der Waals surface area contributed by atoms with Crippen molar-refractivity contribution < 1.29 is 28.2 Å². The largest absolute Gasteiger partial charge is 0.494 e. The highest BCUT2D eigenvalue weighted by Gasteiger charge is 2.57. The molecule has 0 radical (unpaired) electrons. The van der Waals surface area contributed by atoms with Crippen LogP contribution in [0.5, 0.6) is 5.75 Å². The van der Waals surface area contributed by atoms with Gasteiger partial charge < -0.3 is 15.2 Å². The first-order chi connectivity index (χ1) is 8.90. The molecule has 7 heteroatoms. The molecule has 2 rings (SSSR count). The van der Waals surface area contributed by atoms with Crippen LogP contribution in [-0.2, 0) is 9.59 Å². The smallest absolute Gasteiger partial charge is 0.319 e. The van der Waals surface area contributed by atoms with E-state index in [2.05, 4.69) is 10.1 Å². The Balaban J connectivity index is 2.23. The molecule has 1 aromatic rings. The molecular weight excluding hydrogens is 260 g/mol. The minimum absolute atomic E-state index is 0.189. The van der Waals surface area contributed by atoms with Gasteiger partial charge in [-0.25, -0.2) is 8.78 Å². The molecule has 1 fully saturated rings. The molecule has 19 heavy (non-hydrogen) atoms. The molecule has 1 saturated carbocycles. The number of halogens is 2. The second-order valence-corrected chi connectivity index (χ2v) is 4.31. The van der Waals surface area contributed by atoms with Gasteiger partial charge in [-0.05, 0) is 12.8 Å². The van der Waals surface area contributed by atoms with Gasteiger partial charge in [-0.15, -0.1) is 0 Å². The van der Waals surface area contributed by atoms with E-state index in [9.17, 15) is 18.4 Å². The maximum atomic E-state index is 13.6. The summed E-state index contributed by atoms with van der Waals surface area (Å²) in [6.45, 7) is 0. The van der Waals surface area contributed by atoms with Crippen LogP contribution in [0.2, 0.25) is 0 Å². The van der Waals surface area contributed by atoms with Crippen molar-refractivity contribution in [2.45, 2.75) is 12.8 Å². The van der Waals surface area contributed by atoms with Crippen LogP contribution in [0.25, 0.3) is 0 Å². The highest BCUT2D eigenvalue weighted by atomic mass is 19.1. The molecule has 5 nitrogen and oxygen atoms in total. The third-order valence-corrected chi connectivity index (χ3v) is 3.08. The van der Waals surface area contributed by atoms with E-state index in [1.165, 1.54) is 7.11 Å². The number of carbonyl (C=O) groups excluding carboxylic acids is 1. The number of nitrogens with one attached hydrogen (secondary N) is 1. The Labute approximate surface area is 107 Å². The fraction of sp³-hybridized carbons (Fsp3) is 0.333. The monoisotopic (exact) mass is 271 g/mol. The lowest BCUT2D eigenvalue weighted by atomic mass is 10.1. The quantitative estimate of drug-likeness (QED) is 0.818. The minimum atomic E-state index is -1.51. The van der Waals surface area contributed by atoms with Gasteiger partial charge >= 0.3 is 5.97 Å². The number of carboxylic acids is 1. The fourth-order valence-corrected chi connectivity index (χ4v) is 1.69. The number of ether oxygens (including phenoxy) is 1. The summed E-state index contributed by atoms with van der Waals surface area (Å²) in [5.74, 6) is -4.15. The predicted octanol–water partition coefficient (Wildman–Crippen LogP) is 1.78. The van der Waals surface area contributed by atoms with Crippen molar-refractivity contribution in [3.8, 4) is 5.75 Å². The SMILES string of the molecule is COc1cc(F)c(NC(=O)C2(C(=O)O)CC2)cc1F. The number of amides is 1. The van der Waals surface area contributed by atoms with Gasteiger partial charge in [-0.1, -0.05) is 0 Å². The number of aliphatic carboxylic acids is 1. The standard InChI is InChI=1S/C12H11F2NO4/c1-19-9-5-6(13)8(4-7(9)14)15-10(16)12(2-3-12)11(17)18/h4-5H,2-3H2,1H3,(H,15,16)(H,17,18). The van der Waals surface area contributed by atoms with E-state index in [0.717, 1.165) is 12.1 Å². The first kappa shape index (κ1) is 13.3. The molecule has 1 aliphatic carbocycles. The Morgan fingerprint density at radius 2 is 1.95 bits per heavy atom. The summed E-state index contributed by atoms with van der Waals surface area (Å²) in [5.41, 5.74) is -1.92. The maximum Gasteiger partial charge on any atom is 0.319 e. The first-order valence-electron chi connectivity index (χ1n) is 5.48. The molecule has 0 spiro atoms. The van der Waals surface area contributed by atoms with E-state index in [-0.39, 0.29) is 18.6 Å². The van der Waals surface area contributed by atoms with Gasteiger partial charge in [0.25, 0.3) is 0 Å². The van der Waals surface area contributed by atoms with Crippen LogP contribution in [0.4, 0.5) is 14.5 Å². The summed E-state index contributed by atoms with van der Waals surface area (Å²) in [6.07, 6.45) is 0.378. The molecule has 0 aromatic heterocycles. The molecule has 0 aliphatic heterocycles. The van der Waals surface area contributed by atoms with Gasteiger partial charge in [-0.2, -0.15) is 0 Å². The van der Waals surface area contributed by atoms with E-state index in [1.807, 2.05) is 0 Å². The van der Waals surface area contributed by atoms with E-state index in [1.54, 1.807) is 0 Å². The van der Waals surface area contributed by atoms with E-state index in [0.29, 0.717) is 0 Å². The predicted molar refractivity (Wildman–Crippen MR) is 60.8 cm³/mol.